The van der Waals surface area contributed by atoms with Crippen LogP contribution < -0.4 is 10.0 Å². The number of hydrogen-bond acceptors (Lipinski definition) is 4. The summed E-state index contributed by atoms with van der Waals surface area (Å²) in [5.74, 6) is -1.76. The minimum atomic E-state index is -4.01. The Hall–Kier alpha value is -3.33. The molecule has 0 saturated carbocycles. The molecule has 1 aliphatic heterocycles. The fraction of sp³-hybridized carbons (Fsp3) is 0.143. The van der Waals surface area contributed by atoms with Gasteiger partial charge in [-0.3, -0.25) is 4.98 Å². The Labute approximate surface area is 174 Å². The number of hydrogen-bond donors (Lipinski definition) is 2. The van der Waals surface area contributed by atoms with Crippen LogP contribution in [-0.2, 0) is 16.6 Å². The third kappa shape index (κ3) is 3.76. The number of sulfonamides is 1. The van der Waals surface area contributed by atoms with Crippen molar-refractivity contribution in [1.29, 1.82) is 0 Å². The van der Waals surface area contributed by atoms with Crippen molar-refractivity contribution >= 4 is 21.7 Å². The first-order chi connectivity index (χ1) is 14.8. The number of nitrogens with zero attached hydrogens (tertiary/aromatic N) is 2. The third-order valence-electron chi connectivity index (χ3n) is 4.78. The fourth-order valence-electron chi connectivity index (χ4n) is 3.26. The predicted octanol–water partition coefficient (Wildman–Crippen LogP) is 3.77. The molecule has 0 aliphatic carbocycles. The summed E-state index contributed by atoms with van der Waals surface area (Å²) >= 11 is 0. The highest BCUT2D eigenvalue weighted by molar-refractivity contribution is 7.90. The number of aromatic nitrogens is 1. The van der Waals surface area contributed by atoms with E-state index in [2.05, 4.69) is 20.0 Å². The van der Waals surface area contributed by atoms with Crippen LogP contribution in [0.1, 0.15) is 31.0 Å². The zero-order valence-electron chi connectivity index (χ0n) is 16.9. The SMILES string of the molecule is [2H]c1ccc2c(c1[C@@H](C)c1ccccc1F)NC(=NCc1ncccc1F)NS2(=O)=O. The fourth-order valence-corrected chi connectivity index (χ4v) is 4.42. The van der Waals surface area contributed by atoms with Gasteiger partial charge in [-0.25, -0.2) is 26.9 Å². The van der Waals surface area contributed by atoms with E-state index >= 15 is 0 Å². The monoisotopic (exact) mass is 429 g/mol. The number of fused-ring (bicyclic) bond motifs is 1. The highest BCUT2D eigenvalue weighted by Gasteiger charge is 2.30. The number of guanidine groups is 1. The summed E-state index contributed by atoms with van der Waals surface area (Å²) in [6, 6.07) is 11.5. The minimum absolute atomic E-state index is 0.0502. The number of benzene rings is 2. The molecule has 0 unspecified atom stereocenters. The van der Waals surface area contributed by atoms with E-state index in [0.717, 1.165) is 0 Å². The summed E-state index contributed by atoms with van der Waals surface area (Å²) in [5.41, 5.74) is 0.832. The van der Waals surface area contributed by atoms with Gasteiger partial charge in [0.2, 0.25) is 5.96 Å². The van der Waals surface area contributed by atoms with Crippen LogP contribution >= 0.6 is 0 Å². The summed E-state index contributed by atoms with van der Waals surface area (Å²) in [6.45, 7) is 1.49. The average molecular weight is 429 g/mol. The van der Waals surface area contributed by atoms with E-state index in [1.165, 1.54) is 36.5 Å². The molecule has 1 atom stereocenters. The summed E-state index contributed by atoms with van der Waals surface area (Å²) in [6.07, 6.45) is 1.41. The molecule has 0 radical (unpaired) electrons. The van der Waals surface area contributed by atoms with Crippen molar-refractivity contribution in [2.75, 3.05) is 5.32 Å². The lowest BCUT2D eigenvalue weighted by Gasteiger charge is -2.26. The molecule has 0 spiro atoms. The number of aliphatic imine (C=N–C) groups is 1. The van der Waals surface area contributed by atoms with Crippen molar-refractivity contribution in [3.8, 4) is 0 Å². The molecule has 2 aromatic carbocycles. The second-order valence-corrected chi connectivity index (χ2v) is 8.35. The van der Waals surface area contributed by atoms with Crippen LogP contribution in [0.5, 0.6) is 0 Å². The number of anilines is 1. The molecule has 0 saturated heterocycles. The topological polar surface area (TPSA) is 83.4 Å². The van der Waals surface area contributed by atoms with Gasteiger partial charge in [-0.2, -0.15) is 0 Å². The Bertz CT molecular complexity index is 1300. The number of halogens is 2. The third-order valence-corrected chi connectivity index (χ3v) is 6.16. The van der Waals surface area contributed by atoms with Crippen molar-refractivity contribution in [2.45, 2.75) is 24.3 Å². The predicted molar refractivity (Wildman–Crippen MR) is 110 cm³/mol. The molecule has 1 aromatic heterocycles. The Morgan fingerprint density at radius 1 is 1.10 bits per heavy atom. The molecule has 0 fully saturated rings. The average Bonchev–Trinajstić information content (AvgIpc) is 2.72. The lowest BCUT2D eigenvalue weighted by atomic mass is 9.91. The van der Waals surface area contributed by atoms with Gasteiger partial charge in [-0.1, -0.05) is 37.2 Å². The van der Waals surface area contributed by atoms with Gasteiger partial charge < -0.3 is 5.32 Å². The summed E-state index contributed by atoms with van der Waals surface area (Å²) in [4.78, 5) is 7.92. The molecule has 154 valence electrons. The minimum Gasteiger partial charge on any atom is -0.324 e. The molecule has 2 N–H and O–H groups in total. The van der Waals surface area contributed by atoms with Crippen LogP contribution in [0.4, 0.5) is 14.5 Å². The van der Waals surface area contributed by atoms with Gasteiger partial charge in [0.25, 0.3) is 10.0 Å². The lowest BCUT2D eigenvalue weighted by Crippen LogP contribution is -2.41. The zero-order valence-corrected chi connectivity index (χ0v) is 16.7. The Morgan fingerprint density at radius 2 is 1.87 bits per heavy atom. The molecule has 6 nitrogen and oxygen atoms in total. The first-order valence-corrected chi connectivity index (χ1v) is 10.6. The largest absolute Gasteiger partial charge is 0.324 e. The highest BCUT2D eigenvalue weighted by atomic mass is 32.2. The maximum absolute atomic E-state index is 14.4. The molecule has 0 amide bonds. The molecular weight excluding hydrogens is 410 g/mol. The number of pyridine rings is 1. The molecule has 4 rings (SSSR count). The van der Waals surface area contributed by atoms with Crippen LogP contribution in [0.2, 0.25) is 0 Å². The Morgan fingerprint density at radius 3 is 2.63 bits per heavy atom. The first-order valence-electron chi connectivity index (χ1n) is 9.59. The smallest absolute Gasteiger partial charge is 0.266 e. The van der Waals surface area contributed by atoms with Crippen molar-refractivity contribution in [1.82, 2.24) is 9.71 Å². The van der Waals surface area contributed by atoms with E-state index in [0.29, 0.717) is 11.1 Å². The molecule has 9 heteroatoms. The van der Waals surface area contributed by atoms with Gasteiger partial charge in [0.15, 0.2) is 0 Å². The van der Waals surface area contributed by atoms with E-state index in [1.54, 1.807) is 25.1 Å². The molecule has 0 bridgehead atoms. The van der Waals surface area contributed by atoms with E-state index in [1.807, 2.05) is 0 Å². The maximum Gasteiger partial charge on any atom is 0.266 e. The van der Waals surface area contributed by atoms with Crippen molar-refractivity contribution in [2.24, 2.45) is 4.99 Å². The van der Waals surface area contributed by atoms with Crippen LogP contribution in [0.25, 0.3) is 0 Å². The van der Waals surface area contributed by atoms with Crippen LogP contribution in [-0.4, -0.2) is 19.4 Å². The highest BCUT2D eigenvalue weighted by Crippen LogP contribution is 2.36. The van der Waals surface area contributed by atoms with Gasteiger partial charge in [0.05, 0.1) is 19.3 Å². The zero-order chi connectivity index (χ0) is 22.2. The van der Waals surface area contributed by atoms with Gasteiger partial charge in [-0.15, -0.1) is 0 Å². The van der Waals surface area contributed by atoms with Crippen LogP contribution in [0.15, 0.2) is 70.7 Å². The molecule has 1 aliphatic rings. The van der Waals surface area contributed by atoms with Crippen molar-refractivity contribution in [3.05, 3.63) is 89.2 Å². The van der Waals surface area contributed by atoms with E-state index in [9.17, 15) is 17.2 Å². The Kier molecular flexibility index (Phi) is 4.88. The molecule has 30 heavy (non-hydrogen) atoms. The quantitative estimate of drug-likeness (QED) is 0.661. The van der Waals surface area contributed by atoms with E-state index in [-0.39, 0.29) is 34.8 Å². The van der Waals surface area contributed by atoms with Gasteiger partial charge in [-0.05, 0) is 35.4 Å². The van der Waals surface area contributed by atoms with E-state index < -0.39 is 27.6 Å². The van der Waals surface area contributed by atoms with Crippen LogP contribution in [0, 0.1) is 11.6 Å². The number of nitrogens with one attached hydrogen (secondary N) is 2. The maximum atomic E-state index is 14.4. The molecular formula is C21H18F2N4O2S. The molecule has 2 heterocycles. The van der Waals surface area contributed by atoms with Crippen molar-refractivity contribution in [3.63, 3.8) is 0 Å². The normalized spacial score (nSPS) is 17.4. The summed E-state index contributed by atoms with van der Waals surface area (Å²) < 4.78 is 64.5. The molecule has 3 aromatic rings. The standard InChI is InChI=1S/C21H18F2N4O2S/c1-13(14-6-2-3-8-16(14)22)15-7-4-10-19-20(15)26-21(27-30(19,28)29)25-12-18-17(23)9-5-11-24-18/h2-11,13H,12H2,1H3,(H2,25,26,27)/t13-/m0/s1/i7D. The van der Waals surface area contributed by atoms with Crippen molar-refractivity contribution < 1.29 is 18.6 Å². The Balaban J connectivity index is 1.78. The first kappa shape index (κ1) is 18.7. The van der Waals surface area contributed by atoms with Gasteiger partial charge in [0.1, 0.15) is 16.5 Å². The van der Waals surface area contributed by atoms with Gasteiger partial charge >= 0.3 is 0 Å². The number of para-hydroxylation sites is 1. The lowest BCUT2D eigenvalue weighted by molar-refractivity contribution is 0.590. The summed E-state index contributed by atoms with van der Waals surface area (Å²) in [5, 5.41) is 2.89. The second kappa shape index (κ2) is 7.83. The second-order valence-electron chi connectivity index (χ2n) is 6.70. The van der Waals surface area contributed by atoms with Gasteiger partial charge in [0, 0.05) is 12.1 Å². The van der Waals surface area contributed by atoms with E-state index in [4.69, 9.17) is 1.37 Å². The van der Waals surface area contributed by atoms with Crippen LogP contribution in [0.3, 0.4) is 0 Å². The summed E-state index contributed by atoms with van der Waals surface area (Å²) in [7, 11) is -4.01. The number of rotatable bonds is 4.